The van der Waals surface area contributed by atoms with Crippen LogP contribution in [-0.4, -0.2) is 41.5 Å². The average Bonchev–Trinajstić information content (AvgIpc) is 2.76. The Balaban J connectivity index is 1.79. The predicted molar refractivity (Wildman–Crippen MR) is 71.2 cm³/mol. The van der Waals surface area contributed by atoms with Crippen LogP contribution >= 0.6 is 0 Å². The molecule has 1 N–H and O–H groups in total. The van der Waals surface area contributed by atoms with Gasteiger partial charge in [0.15, 0.2) is 0 Å². The van der Waals surface area contributed by atoms with Gasteiger partial charge in [-0.25, -0.2) is 0 Å². The molecule has 98 valence electrons. The maximum absolute atomic E-state index is 12.1. The molecular weight excluding hydrogens is 226 g/mol. The number of pyridine rings is 1. The molecule has 1 aliphatic rings. The van der Waals surface area contributed by atoms with Crippen LogP contribution in [0.15, 0.2) is 24.5 Å². The summed E-state index contributed by atoms with van der Waals surface area (Å²) in [7, 11) is 0. The van der Waals surface area contributed by atoms with Crippen molar-refractivity contribution >= 4 is 5.91 Å². The number of nitrogens with one attached hydrogen (secondary N) is 1. The zero-order valence-corrected chi connectivity index (χ0v) is 10.9. The van der Waals surface area contributed by atoms with Crippen molar-refractivity contribution in [1.29, 1.82) is 0 Å². The second-order valence-electron chi connectivity index (χ2n) is 4.73. The van der Waals surface area contributed by atoms with Crippen LogP contribution < -0.4 is 5.32 Å². The van der Waals surface area contributed by atoms with Crippen LogP contribution in [0, 0.1) is 0 Å². The van der Waals surface area contributed by atoms with E-state index >= 15 is 0 Å². The van der Waals surface area contributed by atoms with Crippen LogP contribution in [0.25, 0.3) is 0 Å². The molecular formula is C14H21N3O. The third kappa shape index (κ3) is 3.29. The van der Waals surface area contributed by atoms with E-state index in [-0.39, 0.29) is 11.9 Å². The molecule has 2 rings (SSSR count). The van der Waals surface area contributed by atoms with Crippen LogP contribution in [0.5, 0.6) is 0 Å². The molecule has 4 heteroatoms. The van der Waals surface area contributed by atoms with Crippen molar-refractivity contribution in [3.05, 3.63) is 30.1 Å². The van der Waals surface area contributed by atoms with Crippen LogP contribution in [0.3, 0.4) is 0 Å². The summed E-state index contributed by atoms with van der Waals surface area (Å²) in [4.78, 5) is 18.1. The molecule has 1 saturated heterocycles. The molecule has 1 aliphatic heterocycles. The second kappa shape index (κ2) is 6.50. The fourth-order valence-corrected chi connectivity index (χ4v) is 2.28. The molecule has 0 aromatic carbocycles. The van der Waals surface area contributed by atoms with Gasteiger partial charge in [0.25, 0.3) is 0 Å². The molecule has 0 aliphatic carbocycles. The summed E-state index contributed by atoms with van der Waals surface area (Å²) >= 11 is 0. The number of rotatable bonds is 6. The van der Waals surface area contributed by atoms with Gasteiger partial charge >= 0.3 is 0 Å². The lowest BCUT2D eigenvalue weighted by Crippen LogP contribution is -2.39. The topological polar surface area (TPSA) is 45.2 Å². The Kier molecular flexibility index (Phi) is 4.70. The van der Waals surface area contributed by atoms with E-state index in [0.29, 0.717) is 0 Å². The van der Waals surface area contributed by atoms with Crippen molar-refractivity contribution < 1.29 is 4.79 Å². The zero-order chi connectivity index (χ0) is 12.8. The van der Waals surface area contributed by atoms with Gasteiger partial charge in [0.05, 0.1) is 6.04 Å². The lowest BCUT2D eigenvalue weighted by atomic mass is 10.2. The van der Waals surface area contributed by atoms with E-state index in [1.54, 1.807) is 6.20 Å². The highest BCUT2D eigenvalue weighted by atomic mass is 16.2. The Labute approximate surface area is 108 Å². The van der Waals surface area contributed by atoms with Gasteiger partial charge in [0.1, 0.15) is 0 Å². The number of hydrogen-bond donors (Lipinski definition) is 1. The highest BCUT2D eigenvalue weighted by Crippen LogP contribution is 2.12. The van der Waals surface area contributed by atoms with Crippen LogP contribution in [-0.2, 0) is 11.2 Å². The monoisotopic (exact) mass is 247 g/mol. The number of carbonyl (C=O) groups excluding carboxylic acids is 1. The molecule has 18 heavy (non-hydrogen) atoms. The Morgan fingerprint density at radius 3 is 3.17 bits per heavy atom. The minimum atomic E-state index is 0.0406. The van der Waals surface area contributed by atoms with E-state index in [4.69, 9.17) is 0 Å². The highest BCUT2D eigenvalue weighted by Gasteiger charge is 2.30. The molecule has 1 fully saturated rings. The van der Waals surface area contributed by atoms with E-state index in [9.17, 15) is 4.79 Å². The fraction of sp³-hybridized carbons (Fsp3) is 0.571. The van der Waals surface area contributed by atoms with Crippen molar-refractivity contribution in [3.8, 4) is 0 Å². The summed E-state index contributed by atoms with van der Waals surface area (Å²) in [5.74, 6) is 0.257. The van der Waals surface area contributed by atoms with Gasteiger partial charge in [-0.3, -0.25) is 9.78 Å². The molecule has 1 aromatic rings. The second-order valence-corrected chi connectivity index (χ2v) is 4.73. The number of nitrogens with zero attached hydrogens (tertiary/aromatic N) is 2. The Morgan fingerprint density at radius 1 is 1.56 bits per heavy atom. The van der Waals surface area contributed by atoms with E-state index in [0.717, 1.165) is 38.9 Å². The first-order valence-electron chi connectivity index (χ1n) is 6.72. The molecule has 2 heterocycles. The normalized spacial score (nSPS) is 19.5. The van der Waals surface area contributed by atoms with Crippen molar-refractivity contribution in [1.82, 2.24) is 15.2 Å². The number of carbonyl (C=O) groups is 1. The summed E-state index contributed by atoms with van der Waals surface area (Å²) in [6, 6.07) is 4.03. The maximum atomic E-state index is 12.1. The van der Waals surface area contributed by atoms with Gasteiger partial charge in [0.2, 0.25) is 5.91 Å². The third-order valence-corrected chi connectivity index (χ3v) is 3.33. The third-order valence-electron chi connectivity index (χ3n) is 3.33. The van der Waals surface area contributed by atoms with Crippen molar-refractivity contribution in [2.24, 2.45) is 0 Å². The van der Waals surface area contributed by atoms with E-state index in [1.807, 2.05) is 17.2 Å². The molecule has 0 spiro atoms. The number of hydrogen-bond acceptors (Lipinski definition) is 3. The summed E-state index contributed by atoms with van der Waals surface area (Å²) in [5, 5.41) is 3.31. The van der Waals surface area contributed by atoms with Crippen LogP contribution in [0.1, 0.15) is 25.3 Å². The molecule has 1 aromatic heterocycles. The van der Waals surface area contributed by atoms with Crippen LogP contribution in [0.2, 0.25) is 0 Å². The Hall–Kier alpha value is -1.42. The van der Waals surface area contributed by atoms with Gasteiger partial charge in [-0.15, -0.1) is 0 Å². The van der Waals surface area contributed by atoms with Crippen molar-refractivity contribution in [2.45, 2.75) is 32.2 Å². The van der Waals surface area contributed by atoms with Crippen molar-refractivity contribution in [2.75, 3.05) is 19.6 Å². The van der Waals surface area contributed by atoms with Crippen LogP contribution in [0.4, 0.5) is 0 Å². The van der Waals surface area contributed by atoms with Gasteiger partial charge < -0.3 is 10.2 Å². The van der Waals surface area contributed by atoms with Gasteiger partial charge in [-0.05, 0) is 37.4 Å². The smallest absolute Gasteiger partial charge is 0.239 e. The number of aromatic nitrogens is 1. The average molecular weight is 247 g/mol. The largest absolute Gasteiger partial charge is 0.341 e. The first kappa shape index (κ1) is 13.0. The Morgan fingerprint density at radius 2 is 2.44 bits per heavy atom. The summed E-state index contributed by atoms with van der Waals surface area (Å²) in [6.45, 7) is 4.72. The molecule has 0 radical (unpaired) electrons. The zero-order valence-electron chi connectivity index (χ0n) is 10.9. The molecule has 1 unspecified atom stereocenters. The number of amides is 1. The molecule has 1 amide bonds. The fourth-order valence-electron chi connectivity index (χ4n) is 2.28. The molecule has 0 bridgehead atoms. The van der Waals surface area contributed by atoms with E-state index in [2.05, 4.69) is 23.3 Å². The minimum absolute atomic E-state index is 0.0406. The predicted octanol–water partition coefficient (Wildman–Crippen LogP) is 1.22. The quantitative estimate of drug-likeness (QED) is 0.822. The standard InChI is InChI=1S/C14H21N3O/c1-2-7-16-13-6-10-17(14(13)18)9-5-12-4-3-8-15-11-12/h3-4,8,11,13,16H,2,5-7,9-10H2,1H3. The van der Waals surface area contributed by atoms with Gasteiger partial charge in [0, 0.05) is 25.5 Å². The first-order chi connectivity index (χ1) is 8.81. The maximum Gasteiger partial charge on any atom is 0.239 e. The summed E-state index contributed by atoms with van der Waals surface area (Å²) in [5.41, 5.74) is 1.19. The van der Waals surface area contributed by atoms with Gasteiger partial charge in [-0.2, -0.15) is 0 Å². The van der Waals surface area contributed by atoms with E-state index in [1.165, 1.54) is 5.56 Å². The molecule has 1 atom stereocenters. The lowest BCUT2D eigenvalue weighted by Gasteiger charge is -2.16. The SMILES string of the molecule is CCCNC1CCN(CCc2cccnc2)C1=O. The Bertz CT molecular complexity index is 380. The minimum Gasteiger partial charge on any atom is -0.341 e. The molecule has 0 saturated carbocycles. The molecule has 4 nitrogen and oxygen atoms in total. The van der Waals surface area contributed by atoms with Gasteiger partial charge in [-0.1, -0.05) is 13.0 Å². The summed E-state index contributed by atoms with van der Waals surface area (Å²) in [6.07, 6.45) is 6.54. The van der Waals surface area contributed by atoms with Crippen molar-refractivity contribution in [3.63, 3.8) is 0 Å². The first-order valence-corrected chi connectivity index (χ1v) is 6.72. The lowest BCUT2D eigenvalue weighted by molar-refractivity contribution is -0.129. The van der Waals surface area contributed by atoms with E-state index < -0.39 is 0 Å². The number of likely N-dealkylation sites (tertiary alicyclic amines) is 1. The highest BCUT2D eigenvalue weighted by molar-refractivity contribution is 5.83. The summed E-state index contributed by atoms with van der Waals surface area (Å²) < 4.78 is 0.